The van der Waals surface area contributed by atoms with Gasteiger partial charge in [0, 0.05) is 0 Å². The molecule has 0 aromatic heterocycles. The second-order valence-electron chi connectivity index (χ2n) is 5.48. The maximum Gasteiger partial charge on any atom is 0.417 e. The smallest absolute Gasteiger partial charge is 0.417 e. The van der Waals surface area contributed by atoms with Gasteiger partial charge in [0.15, 0.2) is 6.10 Å². The summed E-state index contributed by atoms with van der Waals surface area (Å²) in [6, 6.07) is 11.3. The van der Waals surface area contributed by atoms with Crippen LogP contribution in [0.25, 0.3) is 0 Å². The van der Waals surface area contributed by atoms with Crippen molar-refractivity contribution in [2.75, 3.05) is 0 Å². The van der Waals surface area contributed by atoms with Crippen LogP contribution in [0, 0.1) is 11.3 Å². The van der Waals surface area contributed by atoms with E-state index in [2.05, 4.69) is 0 Å². The number of halogens is 3. The first-order valence-electron chi connectivity index (χ1n) is 7.69. The molecule has 0 fully saturated rings. The SMILES string of the molecule is C[C@@H](Oc1ccc(C#N)cc1)C(=O)NNS(=O)(=O)c1ccccc1C(F)(F)F. The minimum absolute atomic E-state index is 0.243. The van der Waals surface area contributed by atoms with Crippen molar-refractivity contribution in [1.29, 1.82) is 5.26 Å². The number of amides is 1. The van der Waals surface area contributed by atoms with E-state index in [0.29, 0.717) is 11.6 Å². The van der Waals surface area contributed by atoms with Crippen molar-refractivity contribution < 1.29 is 31.1 Å². The number of nitrogens with one attached hydrogen (secondary N) is 2. The number of hydrazine groups is 1. The molecule has 0 saturated carbocycles. The first kappa shape index (κ1) is 21.2. The zero-order chi connectivity index (χ0) is 20.9. The van der Waals surface area contributed by atoms with Gasteiger partial charge in [-0.2, -0.15) is 18.4 Å². The molecule has 2 N–H and O–H groups in total. The largest absolute Gasteiger partial charge is 0.481 e. The highest BCUT2D eigenvalue weighted by molar-refractivity contribution is 7.89. The van der Waals surface area contributed by atoms with Crippen LogP contribution in [-0.4, -0.2) is 20.4 Å². The average molecular weight is 413 g/mol. The summed E-state index contributed by atoms with van der Waals surface area (Å²) in [5, 5.41) is 8.72. The van der Waals surface area contributed by atoms with Crippen molar-refractivity contribution in [3.63, 3.8) is 0 Å². The average Bonchev–Trinajstić information content (AvgIpc) is 2.66. The molecule has 0 radical (unpaired) electrons. The molecule has 0 bridgehead atoms. The van der Waals surface area contributed by atoms with E-state index in [1.807, 2.05) is 11.5 Å². The maximum atomic E-state index is 13.0. The van der Waals surface area contributed by atoms with Crippen molar-refractivity contribution >= 4 is 15.9 Å². The first-order chi connectivity index (χ1) is 13.0. The van der Waals surface area contributed by atoms with E-state index in [1.54, 1.807) is 4.83 Å². The van der Waals surface area contributed by atoms with Gasteiger partial charge in [-0.1, -0.05) is 12.1 Å². The Morgan fingerprint density at radius 3 is 2.32 bits per heavy atom. The minimum atomic E-state index is -4.89. The van der Waals surface area contributed by atoms with Gasteiger partial charge in [-0.25, -0.2) is 8.42 Å². The number of nitrogens with zero attached hydrogens (tertiary/aromatic N) is 1. The summed E-state index contributed by atoms with van der Waals surface area (Å²) >= 11 is 0. The lowest BCUT2D eigenvalue weighted by Gasteiger charge is -2.17. The number of carbonyl (C=O) groups excluding carboxylic acids is 1. The topological polar surface area (TPSA) is 108 Å². The van der Waals surface area contributed by atoms with Crippen LogP contribution in [0.4, 0.5) is 13.2 Å². The first-order valence-corrected chi connectivity index (χ1v) is 9.17. The number of ether oxygens (including phenoxy) is 1. The van der Waals surface area contributed by atoms with Crippen molar-refractivity contribution in [2.45, 2.75) is 24.1 Å². The normalized spacial score (nSPS) is 12.7. The van der Waals surface area contributed by atoms with Gasteiger partial charge in [0.25, 0.3) is 15.9 Å². The van der Waals surface area contributed by atoms with Crippen LogP contribution in [-0.2, 0) is 21.0 Å². The summed E-state index contributed by atoms with van der Waals surface area (Å²) in [5.41, 5.74) is 0.834. The fourth-order valence-corrected chi connectivity index (χ4v) is 3.15. The Morgan fingerprint density at radius 1 is 1.14 bits per heavy atom. The molecule has 7 nitrogen and oxygen atoms in total. The number of rotatable bonds is 6. The summed E-state index contributed by atoms with van der Waals surface area (Å²) in [4.78, 5) is 12.6. The molecule has 2 aromatic rings. The zero-order valence-electron chi connectivity index (χ0n) is 14.3. The molecular formula is C17H14F3N3O4S. The molecule has 1 atom stereocenters. The van der Waals surface area contributed by atoms with Gasteiger partial charge in [0.1, 0.15) is 5.75 Å². The summed E-state index contributed by atoms with van der Waals surface area (Å²) < 4.78 is 68.6. The van der Waals surface area contributed by atoms with Crippen LogP contribution >= 0.6 is 0 Å². The molecule has 28 heavy (non-hydrogen) atoms. The van der Waals surface area contributed by atoms with Gasteiger partial charge in [0.2, 0.25) is 0 Å². The standard InChI is InChI=1S/C17H14F3N3O4S/c1-11(27-13-8-6-12(10-21)7-9-13)16(24)22-23-28(25,26)15-5-3-2-4-14(15)17(18,19)20/h2-9,11,23H,1H3,(H,22,24)/t11-/m1/s1. The van der Waals surface area contributed by atoms with Crippen LogP contribution in [0.15, 0.2) is 53.4 Å². The van der Waals surface area contributed by atoms with Crippen LogP contribution in [0.3, 0.4) is 0 Å². The highest BCUT2D eigenvalue weighted by Crippen LogP contribution is 2.33. The number of alkyl halides is 3. The third-order valence-electron chi connectivity index (χ3n) is 3.46. The van der Waals surface area contributed by atoms with Crippen LogP contribution in [0.2, 0.25) is 0 Å². The molecule has 2 aromatic carbocycles. The molecule has 0 saturated heterocycles. The molecule has 11 heteroatoms. The van der Waals surface area contributed by atoms with Gasteiger partial charge in [0.05, 0.1) is 22.1 Å². The van der Waals surface area contributed by atoms with Crippen LogP contribution < -0.4 is 15.0 Å². The molecule has 0 spiro atoms. The van der Waals surface area contributed by atoms with E-state index >= 15 is 0 Å². The third-order valence-corrected chi connectivity index (χ3v) is 4.76. The third kappa shape index (κ3) is 5.21. The number of hydrogen-bond donors (Lipinski definition) is 2. The number of nitriles is 1. The lowest BCUT2D eigenvalue weighted by atomic mass is 10.2. The lowest BCUT2D eigenvalue weighted by Crippen LogP contribution is -2.47. The predicted octanol–water partition coefficient (Wildman–Crippen LogP) is 2.35. The van der Waals surface area contributed by atoms with E-state index in [-0.39, 0.29) is 5.75 Å². The Morgan fingerprint density at radius 2 is 1.75 bits per heavy atom. The summed E-state index contributed by atoms with van der Waals surface area (Å²) in [6.07, 6.45) is -6.06. The second-order valence-corrected chi connectivity index (χ2v) is 7.14. The molecule has 148 valence electrons. The second kappa shape index (κ2) is 8.28. The van der Waals surface area contributed by atoms with E-state index in [0.717, 1.165) is 18.2 Å². The maximum absolute atomic E-state index is 13.0. The summed E-state index contributed by atoms with van der Waals surface area (Å²) in [6.45, 7) is 1.31. The van der Waals surface area contributed by atoms with E-state index < -0.39 is 38.7 Å². The fourth-order valence-electron chi connectivity index (χ4n) is 2.07. The number of hydrogen-bond acceptors (Lipinski definition) is 5. The summed E-state index contributed by atoms with van der Waals surface area (Å²) in [7, 11) is -4.68. The van der Waals surface area contributed by atoms with E-state index in [4.69, 9.17) is 10.00 Å². The highest BCUT2D eigenvalue weighted by atomic mass is 32.2. The van der Waals surface area contributed by atoms with Gasteiger partial charge in [-0.05, 0) is 43.3 Å². The molecule has 0 unspecified atom stereocenters. The Balaban J connectivity index is 2.06. The molecule has 1 amide bonds. The van der Waals surface area contributed by atoms with Crippen molar-refractivity contribution in [3.8, 4) is 11.8 Å². The van der Waals surface area contributed by atoms with E-state index in [9.17, 15) is 26.4 Å². The van der Waals surface area contributed by atoms with E-state index in [1.165, 1.54) is 31.2 Å². The Labute approximate surface area is 158 Å². The molecule has 0 aliphatic carbocycles. The van der Waals surface area contributed by atoms with Crippen LogP contribution in [0.1, 0.15) is 18.1 Å². The molecule has 2 rings (SSSR count). The molecule has 0 aliphatic heterocycles. The monoisotopic (exact) mass is 413 g/mol. The number of sulfonamides is 1. The predicted molar refractivity (Wildman–Crippen MR) is 91.2 cm³/mol. The minimum Gasteiger partial charge on any atom is -0.481 e. The van der Waals surface area contributed by atoms with Gasteiger partial charge < -0.3 is 4.74 Å². The van der Waals surface area contributed by atoms with Crippen LogP contribution in [0.5, 0.6) is 5.75 Å². The molecular weight excluding hydrogens is 399 g/mol. The van der Waals surface area contributed by atoms with Crippen molar-refractivity contribution in [2.24, 2.45) is 0 Å². The Hall–Kier alpha value is -3.10. The van der Waals surface area contributed by atoms with Crippen molar-refractivity contribution in [3.05, 3.63) is 59.7 Å². The fraction of sp³-hybridized carbons (Fsp3) is 0.176. The molecule has 0 aliphatic rings. The lowest BCUT2D eigenvalue weighted by molar-refractivity contribution is -0.139. The Kier molecular flexibility index (Phi) is 6.27. The zero-order valence-corrected chi connectivity index (χ0v) is 15.1. The quantitative estimate of drug-likeness (QED) is 0.707. The summed E-state index contributed by atoms with van der Waals surface area (Å²) in [5.74, 6) is -0.690. The van der Waals surface area contributed by atoms with Gasteiger partial charge >= 0.3 is 6.18 Å². The number of benzene rings is 2. The van der Waals surface area contributed by atoms with Gasteiger partial charge in [-0.3, -0.25) is 10.2 Å². The Bertz CT molecular complexity index is 1000. The highest BCUT2D eigenvalue weighted by Gasteiger charge is 2.37. The van der Waals surface area contributed by atoms with Crippen molar-refractivity contribution in [1.82, 2.24) is 10.3 Å². The number of carbonyl (C=O) groups is 1. The van der Waals surface area contributed by atoms with Gasteiger partial charge in [-0.15, -0.1) is 4.83 Å². The molecule has 0 heterocycles.